The van der Waals surface area contributed by atoms with E-state index in [-0.39, 0.29) is 12.5 Å². The Hall–Kier alpha value is -2.69. The second-order valence-corrected chi connectivity index (χ2v) is 4.89. The molecule has 0 saturated carbocycles. The molecule has 0 radical (unpaired) electrons. The minimum atomic E-state index is -0.144. The van der Waals surface area contributed by atoms with E-state index in [1.54, 1.807) is 14.2 Å². The average Bonchev–Trinajstić information content (AvgIpc) is 2.60. The topological polar surface area (TPSA) is 56.8 Å². The van der Waals surface area contributed by atoms with Gasteiger partial charge in [-0.25, -0.2) is 0 Å². The normalized spacial score (nSPS) is 10.0. The minimum absolute atomic E-state index is 0.00987. The zero-order valence-electron chi connectivity index (χ0n) is 13.4. The molecular formula is C18H21NO4. The van der Waals surface area contributed by atoms with Gasteiger partial charge in [0.25, 0.3) is 5.91 Å². The minimum Gasteiger partial charge on any atom is -0.493 e. The van der Waals surface area contributed by atoms with Crippen LogP contribution < -0.4 is 19.5 Å². The van der Waals surface area contributed by atoms with Gasteiger partial charge in [0.15, 0.2) is 18.1 Å². The van der Waals surface area contributed by atoms with E-state index in [1.807, 2.05) is 48.5 Å². The van der Waals surface area contributed by atoms with Gasteiger partial charge in [-0.05, 0) is 36.2 Å². The Kier molecular flexibility index (Phi) is 6.29. The molecule has 0 heterocycles. The first-order valence-electron chi connectivity index (χ1n) is 7.38. The van der Waals surface area contributed by atoms with Crippen molar-refractivity contribution in [3.05, 3.63) is 54.1 Å². The van der Waals surface area contributed by atoms with Crippen LogP contribution in [-0.4, -0.2) is 33.3 Å². The van der Waals surface area contributed by atoms with E-state index in [1.165, 1.54) is 0 Å². The summed E-state index contributed by atoms with van der Waals surface area (Å²) in [5.74, 6) is 1.91. The summed E-state index contributed by atoms with van der Waals surface area (Å²) in [6.07, 6.45) is 0.706. The molecule has 5 heteroatoms. The monoisotopic (exact) mass is 315 g/mol. The number of hydrogen-bond donors (Lipinski definition) is 1. The van der Waals surface area contributed by atoms with Crippen molar-refractivity contribution in [3.8, 4) is 17.2 Å². The number of ether oxygens (including phenoxy) is 3. The lowest BCUT2D eigenvalue weighted by Gasteiger charge is -2.10. The average molecular weight is 315 g/mol. The van der Waals surface area contributed by atoms with Gasteiger partial charge in [-0.1, -0.05) is 24.3 Å². The van der Waals surface area contributed by atoms with Crippen molar-refractivity contribution in [2.75, 3.05) is 27.4 Å². The molecule has 0 spiro atoms. The molecule has 2 rings (SSSR count). The van der Waals surface area contributed by atoms with E-state index >= 15 is 0 Å². The molecule has 0 aliphatic carbocycles. The fourth-order valence-electron chi connectivity index (χ4n) is 2.10. The maximum atomic E-state index is 11.7. The van der Waals surface area contributed by atoms with Gasteiger partial charge in [-0.3, -0.25) is 4.79 Å². The third kappa shape index (κ3) is 5.21. The smallest absolute Gasteiger partial charge is 0.257 e. The molecule has 0 saturated heterocycles. The first-order valence-corrected chi connectivity index (χ1v) is 7.38. The van der Waals surface area contributed by atoms with Crippen LogP contribution in [0.1, 0.15) is 5.56 Å². The van der Waals surface area contributed by atoms with Crippen molar-refractivity contribution in [1.29, 1.82) is 0 Å². The molecule has 2 aromatic rings. The zero-order chi connectivity index (χ0) is 16.5. The van der Waals surface area contributed by atoms with E-state index in [0.29, 0.717) is 30.2 Å². The summed E-state index contributed by atoms with van der Waals surface area (Å²) in [6.45, 7) is 0.544. The highest BCUT2D eigenvalue weighted by Gasteiger charge is 2.06. The van der Waals surface area contributed by atoms with Gasteiger partial charge in [0.05, 0.1) is 14.2 Å². The van der Waals surface area contributed by atoms with Gasteiger partial charge in [0.2, 0.25) is 0 Å². The van der Waals surface area contributed by atoms with Crippen LogP contribution in [0.15, 0.2) is 48.5 Å². The summed E-state index contributed by atoms with van der Waals surface area (Å²) in [5.41, 5.74) is 1.06. The zero-order valence-corrected chi connectivity index (χ0v) is 13.4. The Balaban J connectivity index is 1.75. The van der Waals surface area contributed by atoms with Gasteiger partial charge in [0.1, 0.15) is 5.75 Å². The molecule has 0 aliphatic heterocycles. The fraction of sp³-hybridized carbons (Fsp3) is 0.278. The second-order valence-electron chi connectivity index (χ2n) is 4.89. The SMILES string of the molecule is COc1ccc(CCNC(=O)COc2ccccc2)cc1OC. The molecule has 23 heavy (non-hydrogen) atoms. The second kappa shape index (κ2) is 8.68. The highest BCUT2D eigenvalue weighted by atomic mass is 16.5. The van der Waals surface area contributed by atoms with Crippen LogP contribution >= 0.6 is 0 Å². The number of carbonyl (C=O) groups is 1. The van der Waals surface area contributed by atoms with Crippen molar-refractivity contribution in [2.24, 2.45) is 0 Å². The highest BCUT2D eigenvalue weighted by molar-refractivity contribution is 5.77. The molecule has 0 aliphatic rings. The summed E-state index contributed by atoms with van der Waals surface area (Å²) in [7, 11) is 3.20. The molecule has 0 bridgehead atoms. The van der Waals surface area contributed by atoms with Crippen LogP contribution in [-0.2, 0) is 11.2 Å². The van der Waals surface area contributed by atoms with Crippen molar-refractivity contribution < 1.29 is 19.0 Å². The number of rotatable bonds is 8. The van der Waals surface area contributed by atoms with E-state index in [9.17, 15) is 4.79 Å². The van der Waals surface area contributed by atoms with E-state index < -0.39 is 0 Å². The van der Waals surface area contributed by atoms with Crippen molar-refractivity contribution in [1.82, 2.24) is 5.32 Å². The lowest BCUT2D eigenvalue weighted by atomic mass is 10.1. The van der Waals surface area contributed by atoms with Gasteiger partial charge < -0.3 is 19.5 Å². The molecule has 0 unspecified atom stereocenters. The maximum absolute atomic E-state index is 11.7. The first kappa shape index (κ1) is 16.7. The van der Waals surface area contributed by atoms with Crippen LogP contribution in [0.5, 0.6) is 17.2 Å². The number of nitrogens with one attached hydrogen (secondary N) is 1. The quantitative estimate of drug-likeness (QED) is 0.813. The van der Waals surface area contributed by atoms with Crippen LogP contribution in [0, 0.1) is 0 Å². The van der Waals surface area contributed by atoms with Crippen LogP contribution in [0.2, 0.25) is 0 Å². The van der Waals surface area contributed by atoms with Crippen LogP contribution in [0.3, 0.4) is 0 Å². The number of amides is 1. The predicted octanol–water partition coefficient (Wildman–Crippen LogP) is 2.44. The largest absolute Gasteiger partial charge is 0.493 e. The molecule has 0 fully saturated rings. The number of carbonyl (C=O) groups excluding carboxylic acids is 1. The first-order chi connectivity index (χ1) is 11.2. The molecule has 5 nitrogen and oxygen atoms in total. The third-order valence-electron chi connectivity index (χ3n) is 3.30. The Morgan fingerprint density at radius 1 is 1.00 bits per heavy atom. The molecular weight excluding hydrogens is 294 g/mol. The van der Waals surface area contributed by atoms with Crippen molar-refractivity contribution in [2.45, 2.75) is 6.42 Å². The fourth-order valence-corrected chi connectivity index (χ4v) is 2.10. The van der Waals surface area contributed by atoms with Gasteiger partial charge in [-0.2, -0.15) is 0 Å². The van der Waals surface area contributed by atoms with Gasteiger partial charge in [0, 0.05) is 6.54 Å². The van der Waals surface area contributed by atoms with Gasteiger partial charge in [-0.15, -0.1) is 0 Å². The molecule has 0 atom stereocenters. The van der Waals surface area contributed by atoms with Gasteiger partial charge >= 0.3 is 0 Å². The highest BCUT2D eigenvalue weighted by Crippen LogP contribution is 2.27. The van der Waals surface area contributed by atoms with E-state index in [2.05, 4.69) is 5.32 Å². The lowest BCUT2D eigenvalue weighted by molar-refractivity contribution is -0.123. The lowest BCUT2D eigenvalue weighted by Crippen LogP contribution is -2.30. The van der Waals surface area contributed by atoms with Crippen molar-refractivity contribution >= 4 is 5.91 Å². The number of para-hydroxylation sites is 1. The van der Waals surface area contributed by atoms with Crippen LogP contribution in [0.4, 0.5) is 0 Å². The molecule has 2 aromatic carbocycles. The van der Waals surface area contributed by atoms with Crippen LogP contribution in [0.25, 0.3) is 0 Å². The summed E-state index contributed by atoms with van der Waals surface area (Å²) in [5, 5.41) is 2.83. The molecule has 1 N–H and O–H groups in total. The Morgan fingerprint density at radius 3 is 2.43 bits per heavy atom. The van der Waals surface area contributed by atoms with Crippen molar-refractivity contribution in [3.63, 3.8) is 0 Å². The summed E-state index contributed by atoms with van der Waals surface area (Å²) in [6, 6.07) is 15.0. The van der Waals surface area contributed by atoms with E-state index in [0.717, 1.165) is 5.56 Å². The Labute approximate surface area is 136 Å². The summed E-state index contributed by atoms with van der Waals surface area (Å²) in [4.78, 5) is 11.7. The molecule has 1 amide bonds. The number of hydrogen-bond acceptors (Lipinski definition) is 4. The molecule has 122 valence electrons. The standard InChI is InChI=1S/C18H21NO4/c1-21-16-9-8-14(12-17(16)22-2)10-11-19-18(20)13-23-15-6-4-3-5-7-15/h3-9,12H,10-11,13H2,1-2H3,(H,19,20). The number of methoxy groups -OCH3 is 2. The molecule has 0 aromatic heterocycles. The Bertz CT molecular complexity index is 628. The third-order valence-corrected chi connectivity index (χ3v) is 3.30. The maximum Gasteiger partial charge on any atom is 0.257 e. The summed E-state index contributed by atoms with van der Waals surface area (Å²) >= 11 is 0. The Morgan fingerprint density at radius 2 is 1.74 bits per heavy atom. The number of benzene rings is 2. The predicted molar refractivity (Wildman–Crippen MR) is 88.2 cm³/mol. The van der Waals surface area contributed by atoms with E-state index in [4.69, 9.17) is 14.2 Å². The summed E-state index contributed by atoms with van der Waals surface area (Å²) < 4.78 is 15.8.